The van der Waals surface area contributed by atoms with E-state index in [0.717, 1.165) is 5.56 Å². The molecule has 3 aromatic rings. The highest BCUT2D eigenvalue weighted by Gasteiger charge is 2.18. The van der Waals surface area contributed by atoms with Gasteiger partial charge in [-0.2, -0.15) is 0 Å². The molecule has 2 N–H and O–H groups in total. The summed E-state index contributed by atoms with van der Waals surface area (Å²) >= 11 is 0. The van der Waals surface area contributed by atoms with Gasteiger partial charge in [-0.15, -0.1) is 0 Å². The topological polar surface area (TPSA) is 80.6 Å². The number of carbonyl (C=O) groups is 2. The number of ether oxygens (including phenoxy) is 1. The van der Waals surface area contributed by atoms with E-state index in [9.17, 15) is 14.0 Å². The predicted octanol–water partition coefficient (Wildman–Crippen LogP) is 4.08. The number of methoxy groups -OCH3 is 1. The minimum absolute atomic E-state index is 0.0136. The Hall–Kier alpha value is -3.87. The van der Waals surface area contributed by atoms with Crippen molar-refractivity contribution in [2.75, 3.05) is 7.11 Å². The minimum Gasteiger partial charge on any atom is -0.497 e. The highest BCUT2D eigenvalue weighted by Crippen LogP contribution is 2.15. The lowest BCUT2D eigenvalue weighted by molar-refractivity contribution is -0.118. The lowest BCUT2D eigenvalue weighted by Crippen LogP contribution is -2.36. The molecule has 0 saturated heterocycles. The molecule has 30 heavy (non-hydrogen) atoms. The lowest BCUT2D eigenvalue weighted by Gasteiger charge is -2.16. The van der Waals surface area contributed by atoms with Gasteiger partial charge in [-0.1, -0.05) is 12.1 Å². The van der Waals surface area contributed by atoms with Crippen molar-refractivity contribution in [2.45, 2.75) is 13.0 Å². The van der Waals surface area contributed by atoms with Gasteiger partial charge in [0.25, 0.3) is 11.8 Å². The Labute approximate surface area is 173 Å². The second-order valence-electron chi connectivity index (χ2n) is 6.50. The highest BCUT2D eigenvalue weighted by atomic mass is 19.1. The Morgan fingerprint density at radius 2 is 1.77 bits per heavy atom. The number of amides is 2. The van der Waals surface area contributed by atoms with Crippen LogP contribution in [0.4, 0.5) is 4.39 Å². The van der Waals surface area contributed by atoms with Gasteiger partial charge in [-0.3, -0.25) is 9.59 Å². The van der Waals surface area contributed by atoms with E-state index in [1.807, 2.05) is 0 Å². The number of benzene rings is 2. The second kappa shape index (κ2) is 9.56. The number of rotatable bonds is 7. The first-order chi connectivity index (χ1) is 14.5. The molecule has 0 saturated carbocycles. The molecule has 3 rings (SSSR count). The quantitative estimate of drug-likeness (QED) is 0.578. The molecular weight excluding hydrogens is 387 g/mol. The Kier molecular flexibility index (Phi) is 6.64. The smallest absolute Gasteiger partial charge is 0.268 e. The van der Waals surface area contributed by atoms with Crippen molar-refractivity contribution in [2.24, 2.45) is 0 Å². The molecule has 0 spiro atoms. The SMILES string of the molecule is COc1ccc(C(=O)N/C(=C\c2ccco2)C(=O)NC(C)c2ccc(F)cc2)cc1. The molecule has 1 atom stereocenters. The zero-order chi connectivity index (χ0) is 21.5. The Bertz CT molecular complexity index is 1030. The summed E-state index contributed by atoms with van der Waals surface area (Å²) < 4.78 is 23.5. The number of hydrogen-bond acceptors (Lipinski definition) is 4. The summed E-state index contributed by atoms with van der Waals surface area (Å²) in [6, 6.07) is 15.3. The number of halogens is 1. The summed E-state index contributed by atoms with van der Waals surface area (Å²) in [5.74, 6) is -0.305. The average Bonchev–Trinajstić information content (AvgIpc) is 3.26. The Morgan fingerprint density at radius 1 is 1.07 bits per heavy atom. The van der Waals surface area contributed by atoms with Crippen LogP contribution in [0.1, 0.15) is 34.6 Å². The number of furan rings is 1. The third-order valence-corrected chi connectivity index (χ3v) is 4.39. The van der Waals surface area contributed by atoms with Crippen LogP contribution in [0, 0.1) is 5.82 Å². The van der Waals surface area contributed by atoms with Crippen LogP contribution in [0.3, 0.4) is 0 Å². The van der Waals surface area contributed by atoms with E-state index in [0.29, 0.717) is 17.1 Å². The zero-order valence-electron chi connectivity index (χ0n) is 16.5. The van der Waals surface area contributed by atoms with Crippen molar-refractivity contribution < 1.29 is 23.1 Å². The normalized spacial score (nSPS) is 12.2. The predicted molar refractivity (Wildman–Crippen MR) is 110 cm³/mol. The molecule has 154 valence electrons. The number of hydrogen-bond donors (Lipinski definition) is 2. The number of nitrogens with one attached hydrogen (secondary N) is 2. The van der Waals surface area contributed by atoms with Crippen LogP contribution in [0.2, 0.25) is 0 Å². The van der Waals surface area contributed by atoms with Gasteiger partial charge in [0.05, 0.1) is 19.4 Å². The van der Waals surface area contributed by atoms with E-state index in [2.05, 4.69) is 10.6 Å². The van der Waals surface area contributed by atoms with Crippen LogP contribution in [-0.2, 0) is 4.79 Å². The van der Waals surface area contributed by atoms with Crippen molar-refractivity contribution in [1.29, 1.82) is 0 Å². The molecular formula is C23H21FN2O4. The summed E-state index contributed by atoms with van der Waals surface area (Å²) in [6.07, 6.45) is 2.90. The van der Waals surface area contributed by atoms with Crippen molar-refractivity contribution in [3.05, 3.63) is 95.3 Å². The van der Waals surface area contributed by atoms with E-state index in [1.165, 1.54) is 31.6 Å². The fourth-order valence-corrected chi connectivity index (χ4v) is 2.72. The van der Waals surface area contributed by atoms with Gasteiger partial charge in [0.2, 0.25) is 0 Å². The molecule has 0 aliphatic rings. The molecule has 1 heterocycles. The third kappa shape index (κ3) is 5.35. The third-order valence-electron chi connectivity index (χ3n) is 4.39. The number of carbonyl (C=O) groups excluding carboxylic acids is 2. The molecule has 1 unspecified atom stereocenters. The largest absolute Gasteiger partial charge is 0.497 e. The van der Waals surface area contributed by atoms with Crippen LogP contribution >= 0.6 is 0 Å². The minimum atomic E-state index is -0.509. The highest BCUT2D eigenvalue weighted by molar-refractivity contribution is 6.05. The lowest BCUT2D eigenvalue weighted by atomic mass is 10.1. The molecule has 0 aliphatic heterocycles. The van der Waals surface area contributed by atoms with E-state index >= 15 is 0 Å². The fraction of sp³-hybridized carbons (Fsp3) is 0.130. The molecule has 6 nitrogen and oxygen atoms in total. The van der Waals surface area contributed by atoms with Crippen LogP contribution in [0.5, 0.6) is 5.75 Å². The monoisotopic (exact) mass is 408 g/mol. The average molecular weight is 408 g/mol. The van der Waals surface area contributed by atoms with Gasteiger partial charge in [-0.25, -0.2) is 4.39 Å². The molecule has 2 amide bonds. The maximum atomic E-state index is 13.1. The molecule has 2 aromatic carbocycles. The summed E-state index contributed by atoms with van der Waals surface area (Å²) in [4.78, 5) is 25.5. The van der Waals surface area contributed by atoms with Gasteiger partial charge in [0.1, 0.15) is 23.0 Å². The maximum absolute atomic E-state index is 13.1. The molecule has 7 heteroatoms. The Morgan fingerprint density at radius 3 is 2.37 bits per heavy atom. The van der Waals surface area contributed by atoms with E-state index < -0.39 is 17.9 Å². The molecule has 0 radical (unpaired) electrons. The van der Waals surface area contributed by atoms with Gasteiger partial charge < -0.3 is 19.8 Å². The van der Waals surface area contributed by atoms with Crippen LogP contribution < -0.4 is 15.4 Å². The van der Waals surface area contributed by atoms with E-state index in [4.69, 9.17) is 9.15 Å². The van der Waals surface area contributed by atoms with Crippen molar-refractivity contribution in [3.63, 3.8) is 0 Å². The van der Waals surface area contributed by atoms with E-state index in [-0.39, 0.29) is 11.5 Å². The van der Waals surface area contributed by atoms with E-state index in [1.54, 1.807) is 55.5 Å². The molecule has 1 aromatic heterocycles. The van der Waals surface area contributed by atoms with Gasteiger partial charge in [-0.05, 0) is 61.0 Å². The van der Waals surface area contributed by atoms with Gasteiger partial charge >= 0.3 is 0 Å². The second-order valence-corrected chi connectivity index (χ2v) is 6.50. The van der Waals surface area contributed by atoms with Gasteiger partial charge in [0.15, 0.2) is 0 Å². The molecule has 0 aliphatic carbocycles. The first-order valence-electron chi connectivity index (χ1n) is 9.23. The maximum Gasteiger partial charge on any atom is 0.268 e. The summed E-state index contributed by atoms with van der Waals surface area (Å²) in [7, 11) is 1.53. The van der Waals surface area contributed by atoms with Crippen molar-refractivity contribution in [1.82, 2.24) is 10.6 Å². The Balaban J connectivity index is 1.78. The summed E-state index contributed by atoms with van der Waals surface area (Å²) in [6.45, 7) is 1.76. The van der Waals surface area contributed by atoms with Crippen LogP contribution in [0.15, 0.2) is 77.0 Å². The van der Waals surface area contributed by atoms with Crippen LogP contribution in [0.25, 0.3) is 6.08 Å². The van der Waals surface area contributed by atoms with Crippen LogP contribution in [-0.4, -0.2) is 18.9 Å². The molecule has 0 bridgehead atoms. The van der Waals surface area contributed by atoms with Gasteiger partial charge in [0, 0.05) is 11.6 Å². The zero-order valence-corrected chi connectivity index (χ0v) is 16.5. The van der Waals surface area contributed by atoms with Crippen molar-refractivity contribution >= 4 is 17.9 Å². The standard InChI is InChI=1S/C23H21FN2O4/c1-15(16-5-9-18(24)10-6-16)25-23(28)21(14-20-4-3-13-30-20)26-22(27)17-7-11-19(29-2)12-8-17/h3-15H,1-2H3,(H,25,28)(H,26,27)/b21-14-. The first kappa shape index (κ1) is 20.9. The molecule has 0 fully saturated rings. The summed E-state index contributed by atoms with van der Waals surface area (Å²) in [5.41, 5.74) is 1.10. The first-order valence-corrected chi connectivity index (χ1v) is 9.23. The summed E-state index contributed by atoms with van der Waals surface area (Å²) in [5, 5.41) is 5.42. The van der Waals surface area contributed by atoms with Crippen molar-refractivity contribution in [3.8, 4) is 5.75 Å². The fourth-order valence-electron chi connectivity index (χ4n) is 2.72.